The van der Waals surface area contributed by atoms with Crippen molar-refractivity contribution < 1.29 is 14.3 Å². The highest BCUT2D eigenvalue weighted by molar-refractivity contribution is 9.10. The molecule has 0 N–H and O–H groups in total. The molecule has 0 aliphatic carbocycles. The molecule has 0 bridgehead atoms. The number of hydrogen-bond acceptors (Lipinski definition) is 5. The van der Waals surface area contributed by atoms with Crippen molar-refractivity contribution in [2.45, 2.75) is 0 Å². The van der Waals surface area contributed by atoms with E-state index in [9.17, 15) is 4.79 Å². The highest BCUT2D eigenvalue weighted by Gasteiger charge is 2.33. The normalized spacial score (nSPS) is 14.9. The second-order valence-corrected chi connectivity index (χ2v) is 9.17. The number of benzene rings is 3. The number of para-hydroxylation sites is 1. The maximum absolute atomic E-state index is 12.9. The lowest BCUT2D eigenvalue weighted by Crippen LogP contribution is -2.27. The molecule has 0 unspecified atom stereocenters. The number of amides is 1. The average molecular weight is 512 g/mol. The standard InChI is InChI=1S/C24H18BrNO3S2/c25-18-9-11-20(12-10-18)28-13-14-29-21-8-4-5-17(15-21)16-22-23(27)26(24(30)31-22)19-6-2-1-3-7-19/h1-12,15-16H,13-14H2. The van der Waals surface area contributed by atoms with Crippen molar-refractivity contribution in [2.24, 2.45) is 0 Å². The first-order chi connectivity index (χ1) is 15.1. The molecule has 1 heterocycles. The van der Waals surface area contributed by atoms with E-state index in [2.05, 4.69) is 15.9 Å². The number of thioether (sulfide) groups is 1. The van der Waals surface area contributed by atoms with Crippen LogP contribution >= 0.6 is 39.9 Å². The Morgan fingerprint density at radius 2 is 1.61 bits per heavy atom. The van der Waals surface area contributed by atoms with Crippen LogP contribution in [0.15, 0.2) is 88.2 Å². The Labute approximate surface area is 199 Å². The zero-order valence-corrected chi connectivity index (χ0v) is 19.6. The van der Waals surface area contributed by atoms with E-state index in [0.29, 0.717) is 28.2 Å². The number of anilines is 1. The van der Waals surface area contributed by atoms with Gasteiger partial charge in [-0.1, -0.05) is 70.2 Å². The molecule has 1 saturated heterocycles. The van der Waals surface area contributed by atoms with Crippen molar-refractivity contribution in [3.8, 4) is 11.5 Å². The predicted octanol–water partition coefficient (Wildman–Crippen LogP) is 6.31. The summed E-state index contributed by atoms with van der Waals surface area (Å²) >= 11 is 10.1. The van der Waals surface area contributed by atoms with Crippen molar-refractivity contribution in [1.29, 1.82) is 0 Å². The van der Waals surface area contributed by atoms with Gasteiger partial charge in [0.1, 0.15) is 24.7 Å². The zero-order chi connectivity index (χ0) is 21.6. The van der Waals surface area contributed by atoms with E-state index < -0.39 is 0 Å². The van der Waals surface area contributed by atoms with Crippen molar-refractivity contribution in [3.05, 3.63) is 93.8 Å². The molecule has 4 rings (SSSR count). The molecule has 0 radical (unpaired) electrons. The molecule has 3 aromatic carbocycles. The Bertz CT molecular complexity index is 1120. The molecule has 4 nitrogen and oxygen atoms in total. The lowest BCUT2D eigenvalue weighted by molar-refractivity contribution is -0.113. The van der Waals surface area contributed by atoms with Crippen LogP contribution in [0, 0.1) is 0 Å². The van der Waals surface area contributed by atoms with E-state index in [0.717, 1.165) is 21.5 Å². The minimum absolute atomic E-state index is 0.115. The van der Waals surface area contributed by atoms with Crippen molar-refractivity contribution in [3.63, 3.8) is 0 Å². The van der Waals surface area contributed by atoms with Crippen LogP contribution in [0.5, 0.6) is 11.5 Å². The Kier molecular flexibility index (Phi) is 7.06. The first-order valence-electron chi connectivity index (χ1n) is 9.54. The van der Waals surface area contributed by atoms with E-state index in [1.54, 1.807) is 4.90 Å². The molecule has 0 spiro atoms. The van der Waals surface area contributed by atoms with Gasteiger partial charge in [-0.25, -0.2) is 0 Å². The number of ether oxygens (including phenoxy) is 2. The molecular formula is C24H18BrNO3S2. The van der Waals surface area contributed by atoms with E-state index in [1.165, 1.54) is 11.8 Å². The fourth-order valence-electron chi connectivity index (χ4n) is 2.96. The summed E-state index contributed by atoms with van der Waals surface area (Å²) in [7, 11) is 0. The summed E-state index contributed by atoms with van der Waals surface area (Å²) in [6, 6.07) is 24.7. The largest absolute Gasteiger partial charge is 0.490 e. The quantitative estimate of drug-likeness (QED) is 0.211. The molecular weight excluding hydrogens is 494 g/mol. The molecule has 1 aliphatic rings. The highest BCUT2D eigenvalue weighted by Crippen LogP contribution is 2.36. The number of nitrogens with zero attached hydrogens (tertiary/aromatic N) is 1. The van der Waals surface area contributed by atoms with Crippen molar-refractivity contribution >= 4 is 61.9 Å². The molecule has 7 heteroatoms. The molecule has 0 atom stereocenters. The van der Waals surface area contributed by atoms with Gasteiger partial charge >= 0.3 is 0 Å². The maximum atomic E-state index is 12.9. The van der Waals surface area contributed by atoms with Crippen LogP contribution in [-0.2, 0) is 4.79 Å². The van der Waals surface area contributed by atoms with Crippen LogP contribution < -0.4 is 14.4 Å². The Morgan fingerprint density at radius 3 is 2.35 bits per heavy atom. The van der Waals surface area contributed by atoms with E-state index in [4.69, 9.17) is 21.7 Å². The topological polar surface area (TPSA) is 38.8 Å². The van der Waals surface area contributed by atoms with Crippen LogP contribution in [0.2, 0.25) is 0 Å². The first kappa shape index (κ1) is 21.6. The van der Waals surface area contributed by atoms with Crippen LogP contribution in [0.3, 0.4) is 0 Å². The Balaban J connectivity index is 1.38. The summed E-state index contributed by atoms with van der Waals surface area (Å²) < 4.78 is 13.0. The van der Waals surface area contributed by atoms with E-state index in [1.807, 2.05) is 84.9 Å². The maximum Gasteiger partial charge on any atom is 0.270 e. The van der Waals surface area contributed by atoms with Gasteiger partial charge in [-0.3, -0.25) is 9.69 Å². The monoisotopic (exact) mass is 511 g/mol. The predicted molar refractivity (Wildman–Crippen MR) is 134 cm³/mol. The zero-order valence-electron chi connectivity index (χ0n) is 16.4. The van der Waals surface area contributed by atoms with Gasteiger partial charge in [0.2, 0.25) is 0 Å². The van der Waals surface area contributed by atoms with Crippen molar-refractivity contribution in [2.75, 3.05) is 18.1 Å². The van der Waals surface area contributed by atoms with Crippen LogP contribution in [-0.4, -0.2) is 23.4 Å². The van der Waals surface area contributed by atoms with E-state index in [-0.39, 0.29) is 5.91 Å². The van der Waals surface area contributed by atoms with Gasteiger partial charge in [0.15, 0.2) is 4.32 Å². The number of halogens is 1. The summed E-state index contributed by atoms with van der Waals surface area (Å²) in [5.74, 6) is 1.39. The van der Waals surface area contributed by atoms with Crippen molar-refractivity contribution in [1.82, 2.24) is 0 Å². The fraction of sp³-hybridized carbons (Fsp3) is 0.0833. The fourth-order valence-corrected chi connectivity index (χ4v) is 4.53. The second kappa shape index (κ2) is 10.1. The molecule has 1 fully saturated rings. The molecule has 1 amide bonds. The summed E-state index contributed by atoms with van der Waals surface area (Å²) in [5, 5.41) is 0. The van der Waals surface area contributed by atoms with E-state index >= 15 is 0 Å². The van der Waals surface area contributed by atoms with Gasteiger partial charge in [-0.15, -0.1) is 0 Å². The Hall–Kier alpha value is -2.61. The highest BCUT2D eigenvalue weighted by atomic mass is 79.9. The third-order valence-corrected chi connectivity index (χ3v) is 6.23. The second-order valence-electron chi connectivity index (χ2n) is 6.58. The molecule has 31 heavy (non-hydrogen) atoms. The third-order valence-electron chi connectivity index (χ3n) is 4.40. The van der Waals surface area contributed by atoms with Gasteiger partial charge in [0.25, 0.3) is 5.91 Å². The molecule has 156 valence electrons. The molecule has 0 aromatic heterocycles. The minimum atomic E-state index is -0.115. The molecule has 3 aromatic rings. The molecule has 1 aliphatic heterocycles. The first-order valence-corrected chi connectivity index (χ1v) is 11.6. The SMILES string of the molecule is O=C1C(=Cc2cccc(OCCOc3ccc(Br)cc3)c2)SC(=S)N1c1ccccc1. The van der Waals surface area contributed by atoms with Gasteiger partial charge in [-0.05, 0) is 60.2 Å². The van der Waals surface area contributed by atoms with Gasteiger partial charge in [0.05, 0.1) is 10.6 Å². The Morgan fingerprint density at radius 1 is 0.903 bits per heavy atom. The number of carbonyl (C=O) groups excluding carboxylic acids is 1. The van der Waals surface area contributed by atoms with Gasteiger partial charge < -0.3 is 9.47 Å². The number of carbonyl (C=O) groups is 1. The van der Waals surface area contributed by atoms with Crippen LogP contribution in [0.25, 0.3) is 6.08 Å². The summed E-state index contributed by atoms with van der Waals surface area (Å²) in [5.41, 5.74) is 1.65. The summed E-state index contributed by atoms with van der Waals surface area (Å²) in [6.45, 7) is 0.844. The number of thiocarbonyl (C=S) groups is 1. The summed E-state index contributed by atoms with van der Waals surface area (Å²) in [6.07, 6.45) is 1.84. The lowest BCUT2D eigenvalue weighted by atomic mass is 10.2. The third kappa shape index (κ3) is 5.55. The molecule has 0 saturated carbocycles. The van der Waals surface area contributed by atoms with Crippen LogP contribution in [0.4, 0.5) is 5.69 Å². The summed E-state index contributed by atoms with van der Waals surface area (Å²) in [4.78, 5) is 15.0. The van der Waals surface area contributed by atoms with Crippen LogP contribution in [0.1, 0.15) is 5.56 Å². The minimum Gasteiger partial charge on any atom is -0.490 e. The number of hydrogen-bond donors (Lipinski definition) is 0. The lowest BCUT2D eigenvalue weighted by Gasteiger charge is -2.13. The van der Waals surface area contributed by atoms with Gasteiger partial charge in [0, 0.05) is 4.47 Å². The average Bonchev–Trinajstić information content (AvgIpc) is 3.06. The van der Waals surface area contributed by atoms with Gasteiger partial charge in [-0.2, -0.15) is 0 Å². The number of rotatable bonds is 7. The smallest absolute Gasteiger partial charge is 0.270 e.